The van der Waals surface area contributed by atoms with Crippen LogP contribution in [0, 0.1) is 20.8 Å². The monoisotopic (exact) mass is 643 g/mol. The first-order valence-electron chi connectivity index (χ1n) is 16.3. The summed E-state index contributed by atoms with van der Waals surface area (Å²) < 4.78 is 0.0490. The molecule has 1 heterocycles. The van der Waals surface area contributed by atoms with Gasteiger partial charge < -0.3 is 4.90 Å². The van der Waals surface area contributed by atoms with Crippen LogP contribution in [-0.2, 0) is 0 Å². The fourth-order valence-corrected chi connectivity index (χ4v) is 9.66. The number of hydrogen-bond acceptors (Lipinski definition) is 3. The van der Waals surface area contributed by atoms with Crippen molar-refractivity contribution in [3.8, 4) is 11.1 Å². The number of anilines is 2. The number of hydrogen-bond donors (Lipinski definition) is 0. The summed E-state index contributed by atoms with van der Waals surface area (Å²) in [6.07, 6.45) is 5.88. The molecular weight excluding hydrogens is 607 g/mol. The number of benzene rings is 6. The van der Waals surface area contributed by atoms with E-state index in [4.69, 9.17) is 0 Å². The van der Waals surface area contributed by atoms with Crippen molar-refractivity contribution >= 4 is 51.2 Å². The molecule has 1 nitrogen and oxygen atoms in total. The lowest BCUT2D eigenvalue weighted by Crippen LogP contribution is -2.24. The van der Waals surface area contributed by atoms with Gasteiger partial charge >= 0.3 is 0 Å². The lowest BCUT2D eigenvalue weighted by Gasteiger charge is -2.34. The quantitative estimate of drug-likeness (QED) is 0.178. The highest BCUT2D eigenvalue weighted by atomic mass is 32.2. The molecule has 0 spiro atoms. The normalized spacial score (nSPS) is 16.8. The Bertz CT molecular complexity index is 2240. The van der Waals surface area contributed by atoms with Gasteiger partial charge in [0.15, 0.2) is 0 Å². The fraction of sp³-hybridized carbons (Fsp3) is 0.136. The minimum Gasteiger partial charge on any atom is -0.310 e. The van der Waals surface area contributed by atoms with E-state index in [1.54, 1.807) is 0 Å². The summed E-state index contributed by atoms with van der Waals surface area (Å²) in [6.45, 7) is 9.09. The Labute approximate surface area is 287 Å². The van der Waals surface area contributed by atoms with E-state index in [1.165, 1.54) is 81.5 Å². The minimum absolute atomic E-state index is 0.0490. The van der Waals surface area contributed by atoms with Crippen molar-refractivity contribution in [2.24, 2.45) is 0 Å². The number of allylic oxidation sites excluding steroid dienone is 2. The van der Waals surface area contributed by atoms with E-state index in [0.29, 0.717) is 0 Å². The fourth-order valence-electron chi connectivity index (χ4n) is 7.16. The lowest BCUT2D eigenvalue weighted by molar-refractivity contribution is 0.818. The van der Waals surface area contributed by atoms with Gasteiger partial charge in [0.2, 0.25) is 0 Å². The maximum absolute atomic E-state index is 2.48. The number of fused-ring (bicyclic) bond motifs is 4. The second-order valence-electron chi connectivity index (χ2n) is 12.9. The number of thioether (sulfide) groups is 1. The minimum atomic E-state index is 0.0490. The van der Waals surface area contributed by atoms with Gasteiger partial charge in [0.1, 0.15) is 0 Å². The third kappa shape index (κ3) is 5.32. The zero-order chi connectivity index (χ0) is 32.1. The summed E-state index contributed by atoms with van der Waals surface area (Å²) >= 11 is 3.87. The predicted molar refractivity (Wildman–Crippen MR) is 204 cm³/mol. The zero-order valence-electron chi connectivity index (χ0n) is 27.2. The van der Waals surface area contributed by atoms with Gasteiger partial charge in [-0.05, 0) is 121 Å². The molecule has 0 aromatic heterocycles. The lowest BCUT2D eigenvalue weighted by atomic mass is 9.86. The molecule has 0 radical (unpaired) electrons. The number of aryl methyl sites for hydroxylation is 3. The third-order valence-corrected chi connectivity index (χ3v) is 12.3. The molecule has 2 aliphatic rings. The molecule has 1 atom stereocenters. The highest BCUT2D eigenvalue weighted by molar-refractivity contribution is 8.01. The van der Waals surface area contributed by atoms with Crippen LogP contribution >= 0.6 is 23.5 Å². The molecule has 0 N–H and O–H groups in total. The molecule has 8 rings (SSSR count). The van der Waals surface area contributed by atoms with Crippen molar-refractivity contribution in [3.05, 3.63) is 167 Å². The first-order chi connectivity index (χ1) is 22.9. The molecule has 1 aliphatic carbocycles. The summed E-state index contributed by atoms with van der Waals surface area (Å²) in [5, 5.41) is 2.50. The van der Waals surface area contributed by atoms with Crippen LogP contribution in [0.3, 0.4) is 0 Å². The van der Waals surface area contributed by atoms with Crippen molar-refractivity contribution in [3.63, 3.8) is 0 Å². The first kappa shape index (κ1) is 29.9. The SMILES string of the molecule is Cc1ccccc1Sc1cccc(C)c1-c1ccc(N(C2=CCC3(C)Sc4ccccc4C3=C2)c2cccc3ccccc23)cc1C. The summed E-state index contributed by atoms with van der Waals surface area (Å²) in [7, 11) is 0. The van der Waals surface area contributed by atoms with Crippen LogP contribution in [0.15, 0.2) is 160 Å². The molecule has 47 heavy (non-hydrogen) atoms. The van der Waals surface area contributed by atoms with Crippen molar-refractivity contribution in [2.75, 3.05) is 4.90 Å². The van der Waals surface area contributed by atoms with E-state index in [2.05, 4.69) is 172 Å². The Morgan fingerprint density at radius 3 is 2.26 bits per heavy atom. The van der Waals surface area contributed by atoms with E-state index >= 15 is 0 Å². The topological polar surface area (TPSA) is 3.24 Å². The molecule has 1 aliphatic heterocycles. The van der Waals surface area contributed by atoms with Crippen LogP contribution in [0.5, 0.6) is 0 Å². The Morgan fingerprint density at radius 1 is 0.660 bits per heavy atom. The van der Waals surface area contributed by atoms with Gasteiger partial charge in [-0.15, -0.1) is 11.8 Å². The molecule has 0 saturated carbocycles. The molecule has 230 valence electrons. The van der Waals surface area contributed by atoms with Gasteiger partial charge in [-0.25, -0.2) is 0 Å². The molecule has 0 amide bonds. The van der Waals surface area contributed by atoms with Crippen molar-refractivity contribution in [2.45, 2.75) is 53.5 Å². The van der Waals surface area contributed by atoms with Crippen molar-refractivity contribution in [1.82, 2.24) is 0 Å². The van der Waals surface area contributed by atoms with Gasteiger partial charge in [-0.1, -0.05) is 109 Å². The van der Waals surface area contributed by atoms with E-state index in [0.717, 1.165) is 6.42 Å². The average molecular weight is 644 g/mol. The highest BCUT2D eigenvalue weighted by Gasteiger charge is 2.40. The molecule has 6 aromatic rings. The number of rotatable bonds is 6. The van der Waals surface area contributed by atoms with E-state index in [1.807, 2.05) is 23.5 Å². The zero-order valence-corrected chi connectivity index (χ0v) is 28.9. The standard InChI is InChI=1S/C44H37NS2/c1-29-13-5-9-20-40(29)46-42-22-11-14-30(2)43(42)35-24-23-33(27-31(35)3)45(39-19-12-16-32-15-6-7-17-36(32)39)34-25-26-44(4)38(28-34)37-18-8-10-21-41(37)47-44/h5-25,27-28H,26H2,1-4H3. The van der Waals surface area contributed by atoms with Gasteiger partial charge in [-0.3, -0.25) is 0 Å². The maximum Gasteiger partial charge on any atom is 0.0539 e. The number of nitrogens with zero attached hydrogens (tertiary/aromatic N) is 1. The Hall–Kier alpha value is -4.44. The van der Waals surface area contributed by atoms with Crippen molar-refractivity contribution < 1.29 is 0 Å². The highest BCUT2D eigenvalue weighted by Crippen LogP contribution is 2.57. The average Bonchev–Trinajstić information content (AvgIpc) is 3.38. The van der Waals surface area contributed by atoms with Crippen LogP contribution in [0.1, 0.15) is 35.6 Å². The summed E-state index contributed by atoms with van der Waals surface area (Å²) in [5.74, 6) is 0. The predicted octanol–water partition coefficient (Wildman–Crippen LogP) is 13.0. The molecule has 6 aromatic carbocycles. The van der Waals surface area contributed by atoms with Gasteiger partial charge in [0.25, 0.3) is 0 Å². The van der Waals surface area contributed by atoms with E-state index in [-0.39, 0.29) is 4.75 Å². The largest absolute Gasteiger partial charge is 0.310 e. The van der Waals surface area contributed by atoms with Crippen LogP contribution in [0.4, 0.5) is 11.4 Å². The third-order valence-electron chi connectivity index (χ3n) is 9.63. The molecule has 1 unspecified atom stereocenters. The molecule has 0 fully saturated rings. The maximum atomic E-state index is 2.48. The molecule has 0 saturated heterocycles. The van der Waals surface area contributed by atoms with E-state index in [9.17, 15) is 0 Å². The second-order valence-corrected chi connectivity index (χ2v) is 15.5. The second kappa shape index (κ2) is 12.0. The van der Waals surface area contributed by atoms with Crippen LogP contribution in [0.2, 0.25) is 0 Å². The summed E-state index contributed by atoms with van der Waals surface area (Å²) in [5.41, 5.74) is 12.9. The van der Waals surface area contributed by atoms with Gasteiger partial charge in [0.05, 0.1) is 5.69 Å². The van der Waals surface area contributed by atoms with Crippen LogP contribution in [0.25, 0.3) is 27.5 Å². The molecule has 0 bridgehead atoms. The van der Waals surface area contributed by atoms with Crippen molar-refractivity contribution in [1.29, 1.82) is 0 Å². The Morgan fingerprint density at radius 2 is 1.38 bits per heavy atom. The molecule has 3 heteroatoms. The van der Waals surface area contributed by atoms with Gasteiger partial charge in [-0.2, -0.15) is 0 Å². The van der Waals surface area contributed by atoms with Crippen LogP contribution in [-0.4, -0.2) is 4.75 Å². The van der Waals surface area contributed by atoms with Gasteiger partial charge in [0, 0.05) is 36.2 Å². The molecular formula is C44H37NS2. The Balaban J connectivity index is 1.27. The van der Waals surface area contributed by atoms with Crippen LogP contribution < -0.4 is 4.90 Å². The summed E-state index contributed by atoms with van der Waals surface area (Å²) in [6, 6.07) is 46.7. The summed E-state index contributed by atoms with van der Waals surface area (Å²) in [4.78, 5) is 6.45. The first-order valence-corrected chi connectivity index (χ1v) is 18.0. The van der Waals surface area contributed by atoms with E-state index < -0.39 is 0 Å². The Kier molecular flexibility index (Phi) is 7.63. The smallest absolute Gasteiger partial charge is 0.0539 e.